The first kappa shape index (κ1) is 20.1. The molecule has 0 fully saturated rings. The molecule has 0 unspecified atom stereocenters. The minimum atomic E-state index is -0.311. The summed E-state index contributed by atoms with van der Waals surface area (Å²) >= 11 is 0. The van der Waals surface area contributed by atoms with E-state index in [1.807, 2.05) is 6.07 Å². The molecule has 3 N–H and O–H groups in total. The quantitative estimate of drug-likeness (QED) is 0.340. The predicted octanol–water partition coefficient (Wildman–Crippen LogP) is 3.25. The molecule has 0 spiro atoms. The topological polar surface area (TPSA) is 108 Å². The number of aliphatic imine (C=N–C) groups is 1. The zero-order chi connectivity index (χ0) is 20.6. The number of benzene rings is 2. The normalized spacial score (nSPS) is 11.3. The zero-order valence-electron chi connectivity index (χ0n) is 16.2. The second kappa shape index (κ2) is 9.54. The van der Waals surface area contributed by atoms with Gasteiger partial charge in [-0.2, -0.15) is 4.98 Å². The van der Waals surface area contributed by atoms with Crippen LogP contribution in [-0.2, 0) is 6.42 Å². The van der Waals surface area contributed by atoms with E-state index in [0.717, 1.165) is 5.69 Å². The number of guanidine groups is 1. The van der Waals surface area contributed by atoms with E-state index in [2.05, 4.69) is 20.4 Å². The van der Waals surface area contributed by atoms with Crippen LogP contribution >= 0.6 is 0 Å². The number of ether oxygens (including phenoxy) is 2. The highest BCUT2D eigenvalue weighted by molar-refractivity contribution is 5.92. The Bertz CT molecular complexity index is 973. The Hall–Kier alpha value is -3.62. The molecule has 3 rings (SSSR count). The van der Waals surface area contributed by atoms with Crippen molar-refractivity contribution < 1.29 is 18.4 Å². The lowest BCUT2D eigenvalue weighted by molar-refractivity contribution is 0.355. The van der Waals surface area contributed by atoms with Gasteiger partial charge < -0.3 is 25.0 Å². The molecule has 2 aromatic carbocycles. The SMILES string of the molecule is COc1ccc(NC(N)=NCCCc2nc(-c3ccc(F)cc3)no2)cc1OC. The lowest BCUT2D eigenvalue weighted by Gasteiger charge is -2.10. The summed E-state index contributed by atoms with van der Waals surface area (Å²) < 4.78 is 28.7. The largest absolute Gasteiger partial charge is 0.493 e. The van der Waals surface area contributed by atoms with Crippen LogP contribution in [0.25, 0.3) is 11.4 Å². The predicted molar refractivity (Wildman–Crippen MR) is 108 cm³/mol. The number of halogens is 1. The van der Waals surface area contributed by atoms with Crippen LogP contribution in [0.1, 0.15) is 12.3 Å². The Morgan fingerprint density at radius 3 is 2.62 bits per heavy atom. The van der Waals surface area contributed by atoms with Crippen molar-refractivity contribution in [2.75, 3.05) is 26.1 Å². The maximum Gasteiger partial charge on any atom is 0.227 e. The van der Waals surface area contributed by atoms with Crippen molar-refractivity contribution >= 4 is 11.6 Å². The van der Waals surface area contributed by atoms with E-state index in [0.29, 0.717) is 48.2 Å². The smallest absolute Gasteiger partial charge is 0.227 e. The van der Waals surface area contributed by atoms with Crippen LogP contribution < -0.4 is 20.5 Å². The van der Waals surface area contributed by atoms with E-state index in [-0.39, 0.29) is 11.8 Å². The average molecular weight is 399 g/mol. The summed E-state index contributed by atoms with van der Waals surface area (Å²) in [5, 5.41) is 6.92. The van der Waals surface area contributed by atoms with Gasteiger partial charge in [-0.1, -0.05) is 5.16 Å². The van der Waals surface area contributed by atoms with Crippen molar-refractivity contribution in [1.29, 1.82) is 0 Å². The fourth-order valence-corrected chi connectivity index (χ4v) is 2.60. The first-order valence-electron chi connectivity index (χ1n) is 8.96. The van der Waals surface area contributed by atoms with E-state index in [9.17, 15) is 4.39 Å². The summed E-state index contributed by atoms with van der Waals surface area (Å²) in [6.45, 7) is 0.486. The number of aryl methyl sites for hydroxylation is 1. The van der Waals surface area contributed by atoms with Crippen LogP contribution in [0.4, 0.5) is 10.1 Å². The third-order valence-corrected chi connectivity index (χ3v) is 4.06. The molecule has 0 bridgehead atoms. The number of rotatable bonds is 8. The Morgan fingerprint density at radius 1 is 1.14 bits per heavy atom. The molecule has 8 nitrogen and oxygen atoms in total. The van der Waals surface area contributed by atoms with Crippen molar-refractivity contribution in [2.45, 2.75) is 12.8 Å². The van der Waals surface area contributed by atoms with Crippen LogP contribution in [-0.4, -0.2) is 36.9 Å². The van der Waals surface area contributed by atoms with Crippen molar-refractivity contribution in [3.05, 3.63) is 54.2 Å². The van der Waals surface area contributed by atoms with E-state index in [1.165, 1.54) is 12.1 Å². The molecule has 9 heteroatoms. The number of anilines is 1. The number of aromatic nitrogens is 2. The molecule has 0 aliphatic rings. The molecule has 1 aromatic heterocycles. The number of nitrogens with one attached hydrogen (secondary N) is 1. The van der Waals surface area contributed by atoms with Gasteiger partial charge in [0.2, 0.25) is 11.7 Å². The van der Waals surface area contributed by atoms with E-state index >= 15 is 0 Å². The molecule has 0 saturated carbocycles. The maximum atomic E-state index is 13.0. The van der Waals surface area contributed by atoms with Crippen LogP contribution in [0.2, 0.25) is 0 Å². The van der Waals surface area contributed by atoms with E-state index in [4.69, 9.17) is 19.7 Å². The van der Waals surface area contributed by atoms with Gasteiger partial charge in [0.15, 0.2) is 17.5 Å². The van der Waals surface area contributed by atoms with Crippen LogP contribution in [0.3, 0.4) is 0 Å². The highest BCUT2D eigenvalue weighted by Crippen LogP contribution is 2.29. The lowest BCUT2D eigenvalue weighted by atomic mass is 10.2. The fraction of sp³-hybridized carbons (Fsp3) is 0.250. The number of methoxy groups -OCH3 is 2. The monoisotopic (exact) mass is 399 g/mol. The Kier molecular flexibility index (Phi) is 6.62. The third-order valence-electron chi connectivity index (χ3n) is 4.06. The molecule has 1 heterocycles. The van der Waals surface area contributed by atoms with Crippen LogP contribution in [0.15, 0.2) is 52.0 Å². The fourth-order valence-electron chi connectivity index (χ4n) is 2.60. The third kappa shape index (κ3) is 5.44. The molecular weight excluding hydrogens is 377 g/mol. The van der Waals surface area contributed by atoms with Gasteiger partial charge >= 0.3 is 0 Å². The molecule has 0 radical (unpaired) electrons. The lowest BCUT2D eigenvalue weighted by Crippen LogP contribution is -2.22. The summed E-state index contributed by atoms with van der Waals surface area (Å²) in [4.78, 5) is 8.60. The van der Waals surface area contributed by atoms with Crippen molar-refractivity contribution in [3.8, 4) is 22.9 Å². The molecule has 3 aromatic rings. The molecule has 0 aliphatic carbocycles. The second-order valence-electron chi connectivity index (χ2n) is 6.08. The van der Waals surface area contributed by atoms with Gasteiger partial charge in [0, 0.05) is 30.3 Å². The molecular formula is C20H22FN5O3. The summed E-state index contributed by atoms with van der Waals surface area (Å²) in [5.41, 5.74) is 7.36. The highest BCUT2D eigenvalue weighted by atomic mass is 19.1. The summed E-state index contributed by atoms with van der Waals surface area (Å²) in [6.07, 6.45) is 1.24. The van der Waals surface area contributed by atoms with Crippen molar-refractivity contribution in [2.24, 2.45) is 10.7 Å². The van der Waals surface area contributed by atoms with Crippen LogP contribution in [0, 0.1) is 5.82 Å². The molecule has 29 heavy (non-hydrogen) atoms. The standard InChI is InChI=1S/C20H22FN5O3/c1-27-16-10-9-15(12-17(16)28-2)24-20(22)23-11-3-4-18-25-19(26-29-18)13-5-7-14(21)8-6-13/h5-10,12H,3-4,11H2,1-2H3,(H3,22,23,24). The van der Waals surface area contributed by atoms with E-state index < -0.39 is 0 Å². The summed E-state index contributed by atoms with van der Waals surface area (Å²) in [5.74, 6) is 2.13. The molecule has 0 atom stereocenters. The van der Waals surface area contributed by atoms with Gasteiger partial charge in [-0.3, -0.25) is 4.99 Å². The Labute approximate surface area is 167 Å². The number of hydrogen-bond donors (Lipinski definition) is 2. The second-order valence-corrected chi connectivity index (χ2v) is 6.08. The maximum absolute atomic E-state index is 13.0. The zero-order valence-corrected chi connectivity index (χ0v) is 16.2. The van der Waals surface area contributed by atoms with Gasteiger partial charge in [0.1, 0.15) is 5.82 Å². The molecule has 0 aliphatic heterocycles. The molecule has 152 valence electrons. The van der Waals surface area contributed by atoms with Gasteiger partial charge in [-0.25, -0.2) is 4.39 Å². The van der Waals surface area contributed by atoms with Gasteiger partial charge in [-0.05, 0) is 42.8 Å². The van der Waals surface area contributed by atoms with Gasteiger partial charge in [-0.15, -0.1) is 0 Å². The summed E-state index contributed by atoms with van der Waals surface area (Å²) in [7, 11) is 3.14. The minimum absolute atomic E-state index is 0.287. The van der Waals surface area contributed by atoms with Gasteiger partial charge in [0.05, 0.1) is 14.2 Å². The van der Waals surface area contributed by atoms with E-state index in [1.54, 1.807) is 38.5 Å². The Balaban J connectivity index is 1.49. The molecule has 0 saturated heterocycles. The first-order chi connectivity index (χ1) is 14.1. The highest BCUT2D eigenvalue weighted by Gasteiger charge is 2.09. The number of nitrogens with zero attached hydrogens (tertiary/aromatic N) is 3. The first-order valence-corrected chi connectivity index (χ1v) is 8.96. The minimum Gasteiger partial charge on any atom is -0.493 e. The van der Waals surface area contributed by atoms with Crippen LogP contribution in [0.5, 0.6) is 11.5 Å². The number of hydrogen-bond acceptors (Lipinski definition) is 6. The summed E-state index contributed by atoms with van der Waals surface area (Å²) in [6, 6.07) is 11.3. The number of nitrogens with two attached hydrogens (primary N) is 1. The van der Waals surface area contributed by atoms with Gasteiger partial charge in [0.25, 0.3) is 0 Å². The Morgan fingerprint density at radius 2 is 1.90 bits per heavy atom. The van der Waals surface area contributed by atoms with Crippen molar-refractivity contribution in [3.63, 3.8) is 0 Å². The average Bonchev–Trinajstić information content (AvgIpc) is 3.20. The van der Waals surface area contributed by atoms with Crippen molar-refractivity contribution in [1.82, 2.24) is 10.1 Å². The molecule has 0 amide bonds.